The molecular formula is C11H23BN2O2. The zero-order valence-electron chi connectivity index (χ0n) is 10.3. The SMILES string of the molecule is C=C(OC)C1NCCNC1CCCB(C)O. The fourth-order valence-electron chi connectivity index (χ4n) is 2.11. The lowest BCUT2D eigenvalue weighted by Crippen LogP contribution is -2.56. The van der Waals surface area contributed by atoms with Crippen LogP contribution in [0.2, 0.25) is 13.1 Å². The first-order chi connectivity index (χ1) is 7.65. The lowest BCUT2D eigenvalue weighted by atomic mass is 9.66. The molecule has 1 heterocycles. The second-order valence-electron chi connectivity index (χ2n) is 4.44. The molecule has 3 N–H and O–H groups in total. The molecule has 0 saturated carbocycles. The Morgan fingerprint density at radius 3 is 2.81 bits per heavy atom. The second kappa shape index (κ2) is 6.94. The summed E-state index contributed by atoms with van der Waals surface area (Å²) in [6.45, 7) is 7.46. The average molecular weight is 226 g/mol. The van der Waals surface area contributed by atoms with E-state index in [0.717, 1.165) is 38.0 Å². The molecule has 0 aliphatic carbocycles. The molecule has 0 spiro atoms. The maximum atomic E-state index is 9.22. The van der Waals surface area contributed by atoms with Crippen LogP contribution in [-0.4, -0.2) is 44.2 Å². The number of piperazine rings is 1. The Kier molecular flexibility index (Phi) is 5.88. The smallest absolute Gasteiger partial charge is 0.285 e. The van der Waals surface area contributed by atoms with Gasteiger partial charge in [0.25, 0.3) is 6.92 Å². The van der Waals surface area contributed by atoms with E-state index in [-0.39, 0.29) is 13.0 Å². The summed E-state index contributed by atoms with van der Waals surface area (Å²) >= 11 is 0. The van der Waals surface area contributed by atoms with Crippen LogP contribution in [0.25, 0.3) is 0 Å². The minimum atomic E-state index is -0.208. The van der Waals surface area contributed by atoms with Crippen molar-refractivity contribution in [3.8, 4) is 0 Å². The zero-order chi connectivity index (χ0) is 12.0. The van der Waals surface area contributed by atoms with Crippen LogP contribution >= 0.6 is 0 Å². The first kappa shape index (κ1) is 13.5. The molecule has 1 aliphatic heterocycles. The minimum Gasteiger partial charge on any atom is -0.500 e. The third-order valence-electron chi connectivity index (χ3n) is 3.04. The number of hydrogen-bond acceptors (Lipinski definition) is 4. The number of ether oxygens (including phenoxy) is 1. The van der Waals surface area contributed by atoms with Gasteiger partial charge in [0.2, 0.25) is 0 Å². The van der Waals surface area contributed by atoms with Crippen molar-refractivity contribution < 1.29 is 9.76 Å². The second-order valence-corrected chi connectivity index (χ2v) is 4.44. The molecule has 0 aromatic carbocycles. The van der Waals surface area contributed by atoms with Crippen molar-refractivity contribution >= 4 is 6.92 Å². The Morgan fingerprint density at radius 1 is 1.50 bits per heavy atom. The van der Waals surface area contributed by atoms with E-state index in [9.17, 15) is 5.02 Å². The molecular weight excluding hydrogens is 203 g/mol. The molecule has 92 valence electrons. The van der Waals surface area contributed by atoms with Gasteiger partial charge in [0.1, 0.15) is 5.76 Å². The standard InChI is InChI=1S/C11H23BN2O2/c1-9(16-3)11-10(13-7-8-14-11)5-4-6-12(2)15/h10-11,13-15H,1,4-8H2,2-3H3. The summed E-state index contributed by atoms with van der Waals surface area (Å²) < 4.78 is 5.20. The molecule has 1 aliphatic rings. The number of hydrogen-bond donors (Lipinski definition) is 3. The molecule has 2 atom stereocenters. The number of nitrogens with one attached hydrogen (secondary N) is 2. The lowest BCUT2D eigenvalue weighted by Gasteiger charge is -2.34. The van der Waals surface area contributed by atoms with Gasteiger partial charge in [0.05, 0.1) is 13.2 Å². The normalized spacial score (nSPS) is 25.2. The van der Waals surface area contributed by atoms with Gasteiger partial charge in [-0.1, -0.05) is 19.8 Å². The Bertz CT molecular complexity index is 224. The Labute approximate surface area is 98.6 Å². The van der Waals surface area contributed by atoms with Gasteiger partial charge >= 0.3 is 0 Å². The molecule has 16 heavy (non-hydrogen) atoms. The monoisotopic (exact) mass is 226 g/mol. The maximum absolute atomic E-state index is 9.22. The van der Waals surface area contributed by atoms with Crippen molar-refractivity contribution in [3.05, 3.63) is 12.3 Å². The summed E-state index contributed by atoms with van der Waals surface area (Å²) in [4.78, 5) is 0. The Morgan fingerprint density at radius 2 is 2.19 bits per heavy atom. The van der Waals surface area contributed by atoms with E-state index in [2.05, 4.69) is 17.2 Å². The molecule has 0 bridgehead atoms. The highest BCUT2D eigenvalue weighted by atomic mass is 16.5. The van der Waals surface area contributed by atoms with Crippen molar-refractivity contribution in [2.24, 2.45) is 0 Å². The van der Waals surface area contributed by atoms with Crippen LogP contribution < -0.4 is 10.6 Å². The fraction of sp³-hybridized carbons (Fsp3) is 0.818. The van der Waals surface area contributed by atoms with Crippen molar-refractivity contribution in [3.63, 3.8) is 0 Å². The summed E-state index contributed by atoms with van der Waals surface area (Å²) in [7, 11) is 1.66. The average Bonchev–Trinajstić information content (AvgIpc) is 2.28. The molecule has 5 heteroatoms. The van der Waals surface area contributed by atoms with Crippen LogP contribution in [0.1, 0.15) is 12.8 Å². The third-order valence-corrected chi connectivity index (χ3v) is 3.04. The number of rotatable bonds is 6. The van der Waals surface area contributed by atoms with Gasteiger partial charge in [-0.15, -0.1) is 0 Å². The Balaban J connectivity index is 2.38. The molecule has 0 aromatic heterocycles. The minimum absolute atomic E-state index is 0.188. The van der Waals surface area contributed by atoms with Crippen molar-refractivity contribution in [2.75, 3.05) is 20.2 Å². The quantitative estimate of drug-likeness (QED) is 0.455. The van der Waals surface area contributed by atoms with Gasteiger partial charge in [-0.2, -0.15) is 0 Å². The molecule has 0 radical (unpaired) electrons. The topological polar surface area (TPSA) is 53.5 Å². The van der Waals surface area contributed by atoms with E-state index in [0.29, 0.717) is 6.04 Å². The van der Waals surface area contributed by atoms with Crippen LogP contribution in [0.3, 0.4) is 0 Å². The van der Waals surface area contributed by atoms with E-state index in [1.54, 1.807) is 7.11 Å². The van der Waals surface area contributed by atoms with Gasteiger partial charge < -0.3 is 20.4 Å². The van der Waals surface area contributed by atoms with E-state index in [4.69, 9.17) is 4.74 Å². The van der Waals surface area contributed by atoms with Crippen LogP contribution in [0.4, 0.5) is 0 Å². The highest BCUT2D eigenvalue weighted by molar-refractivity contribution is 6.48. The summed E-state index contributed by atoms with van der Waals surface area (Å²) in [5, 5.41) is 16.1. The van der Waals surface area contributed by atoms with Crippen molar-refractivity contribution in [2.45, 2.75) is 38.1 Å². The van der Waals surface area contributed by atoms with Crippen LogP contribution in [0.15, 0.2) is 12.3 Å². The van der Waals surface area contributed by atoms with Crippen LogP contribution in [0, 0.1) is 0 Å². The molecule has 4 nitrogen and oxygen atoms in total. The van der Waals surface area contributed by atoms with Crippen LogP contribution in [-0.2, 0) is 4.74 Å². The lowest BCUT2D eigenvalue weighted by molar-refractivity contribution is 0.210. The summed E-state index contributed by atoms with van der Waals surface area (Å²) in [5.74, 6) is 0.786. The highest BCUT2D eigenvalue weighted by Crippen LogP contribution is 2.14. The largest absolute Gasteiger partial charge is 0.500 e. The van der Waals surface area contributed by atoms with Gasteiger partial charge in [-0.25, -0.2) is 0 Å². The number of methoxy groups -OCH3 is 1. The van der Waals surface area contributed by atoms with Gasteiger partial charge in [0, 0.05) is 19.1 Å². The first-order valence-electron chi connectivity index (χ1n) is 6.02. The van der Waals surface area contributed by atoms with Crippen molar-refractivity contribution in [1.29, 1.82) is 0 Å². The molecule has 0 aromatic rings. The predicted molar refractivity (Wildman–Crippen MR) is 67.6 cm³/mol. The van der Waals surface area contributed by atoms with E-state index >= 15 is 0 Å². The molecule has 0 amide bonds. The van der Waals surface area contributed by atoms with Crippen LogP contribution in [0.5, 0.6) is 0 Å². The Hall–Kier alpha value is -0.515. The summed E-state index contributed by atoms with van der Waals surface area (Å²) in [6.07, 6.45) is 2.90. The first-order valence-corrected chi connectivity index (χ1v) is 6.02. The van der Waals surface area contributed by atoms with E-state index in [1.807, 2.05) is 6.82 Å². The fourth-order valence-corrected chi connectivity index (χ4v) is 2.11. The van der Waals surface area contributed by atoms with E-state index < -0.39 is 0 Å². The van der Waals surface area contributed by atoms with E-state index in [1.165, 1.54) is 0 Å². The summed E-state index contributed by atoms with van der Waals surface area (Å²) in [5.41, 5.74) is 0. The van der Waals surface area contributed by atoms with Crippen molar-refractivity contribution in [1.82, 2.24) is 10.6 Å². The summed E-state index contributed by atoms with van der Waals surface area (Å²) in [6, 6.07) is 0.549. The zero-order valence-corrected chi connectivity index (χ0v) is 10.3. The predicted octanol–water partition coefficient (Wildman–Crippen LogP) is 0.470. The van der Waals surface area contributed by atoms with Gasteiger partial charge in [0.15, 0.2) is 0 Å². The molecule has 2 unspecified atom stereocenters. The third kappa shape index (κ3) is 4.16. The van der Waals surface area contributed by atoms with Gasteiger partial charge in [-0.05, 0) is 12.7 Å². The molecule has 1 saturated heterocycles. The molecule has 1 fully saturated rings. The molecule has 1 rings (SSSR count). The highest BCUT2D eigenvalue weighted by Gasteiger charge is 2.26. The maximum Gasteiger partial charge on any atom is 0.285 e. The van der Waals surface area contributed by atoms with Gasteiger partial charge in [-0.3, -0.25) is 0 Å².